The van der Waals surface area contributed by atoms with Gasteiger partial charge in [-0.1, -0.05) is 283 Å². The summed E-state index contributed by atoms with van der Waals surface area (Å²) in [5, 5.41) is 0. The minimum Gasteiger partial charge on any atom is -0.462 e. The fourth-order valence-corrected chi connectivity index (χ4v) is 9.14. The Morgan fingerprint density at radius 1 is 0.259 bits per heavy atom. The van der Waals surface area contributed by atoms with Crippen LogP contribution < -0.4 is 0 Å². The van der Waals surface area contributed by atoms with Gasteiger partial charge in [-0.3, -0.25) is 14.4 Å². The number of hydrogen-bond donors (Lipinski definition) is 0. The van der Waals surface area contributed by atoms with Crippen molar-refractivity contribution < 1.29 is 28.6 Å². The Bertz CT molecular complexity index is 1720. The number of unbranched alkanes of at least 4 members (excludes halogenated alkanes) is 27. The van der Waals surface area contributed by atoms with Crippen LogP contribution in [0.4, 0.5) is 0 Å². The molecule has 6 nitrogen and oxygen atoms in total. The van der Waals surface area contributed by atoms with Gasteiger partial charge in [0, 0.05) is 19.3 Å². The quantitative estimate of drug-likeness (QED) is 0.0261. The Hall–Kier alpha value is -4.45. The highest BCUT2D eigenvalue weighted by Gasteiger charge is 2.19. The second kappa shape index (κ2) is 68.1. The van der Waals surface area contributed by atoms with Crippen molar-refractivity contribution in [3.05, 3.63) is 134 Å². The molecule has 0 aliphatic rings. The molecule has 1 unspecified atom stereocenters. The van der Waals surface area contributed by atoms with Crippen LogP contribution in [-0.4, -0.2) is 37.2 Å². The second-order valence-electron chi connectivity index (χ2n) is 22.0. The normalized spacial score (nSPS) is 13.0. The van der Waals surface area contributed by atoms with Gasteiger partial charge < -0.3 is 14.2 Å². The van der Waals surface area contributed by atoms with Crippen molar-refractivity contribution in [2.24, 2.45) is 0 Å². The van der Waals surface area contributed by atoms with Gasteiger partial charge in [-0.25, -0.2) is 0 Å². The minimum atomic E-state index is -0.794. The Morgan fingerprint density at radius 3 is 0.765 bits per heavy atom. The molecule has 6 heteroatoms. The van der Waals surface area contributed by atoms with Crippen LogP contribution in [0.5, 0.6) is 0 Å². The van der Waals surface area contributed by atoms with E-state index in [4.69, 9.17) is 14.2 Å². The Labute approximate surface area is 500 Å². The standard InChI is InChI=1S/C75H124O6/c1-4-7-10-13-16-19-22-25-27-29-31-33-35-36-37-38-40-41-43-45-47-50-53-56-59-62-65-68-74(77)80-71-72(70-79-73(76)67-64-61-58-55-52-49-24-21-18-15-12-9-6-3)81-75(78)69-66-63-60-57-54-51-48-46-44-42-39-34-32-30-28-26-23-20-17-14-11-8-5-2/h7-8,10-11,16-17,19-21,24-28,31-34,36-37,42,44,72H,4-6,9,12-15,18,22-23,29-30,35,38-41,43,45-71H2,1-3H3/b10-7-,11-8-,19-16-,20-17-,24-21-,27-25-,28-26-,33-31-,34-32-,37-36-,44-42-. The van der Waals surface area contributed by atoms with Gasteiger partial charge in [0.05, 0.1) is 0 Å². The van der Waals surface area contributed by atoms with Crippen LogP contribution in [0.2, 0.25) is 0 Å². The molecule has 0 N–H and O–H groups in total. The lowest BCUT2D eigenvalue weighted by Crippen LogP contribution is -2.30. The molecule has 0 amide bonds. The maximum Gasteiger partial charge on any atom is 0.306 e. The molecule has 0 spiro atoms. The molecular formula is C75H124O6. The lowest BCUT2D eigenvalue weighted by molar-refractivity contribution is -0.167. The lowest BCUT2D eigenvalue weighted by Gasteiger charge is -2.18. The minimum absolute atomic E-state index is 0.0892. The molecule has 81 heavy (non-hydrogen) atoms. The smallest absolute Gasteiger partial charge is 0.306 e. The Kier molecular flexibility index (Phi) is 64.3. The van der Waals surface area contributed by atoms with Crippen molar-refractivity contribution in [3.63, 3.8) is 0 Å². The summed E-state index contributed by atoms with van der Waals surface area (Å²) in [5.74, 6) is -0.906. The van der Waals surface area contributed by atoms with Gasteiger partial charge in [0.25, 0.3) is 0 Å². The molecule has 0 fully saturated rings. The van der Waals surface area contributed by atoms with E-state index >= 15 is 0 Å². The first-order chi connectivity index (χ1) is 40.0. The van der Waals surface area contributed by atoms with Crippen LogP contribution in [0.1, 0.15) is 303 Å². The SMILES string of the molecule is CC/C=C\C/C=C\C/C=C\C/C=C\C/C=C\CCCCCCCCCCCCCC(=O)OCC(COC(=O)CCCCCCC/C=C\CCCCCC)OC(=O)CCCCCCCCC/C=C\C/C=C\C/C=C\C/C=C\C/C=C\CC. The highest BCUT2D eigenvalue weighted by molar-refractivity contribution is 5.71. The van der Waals surface area contributed by atoms with Crippen molar-refractivity contribution in [3.8, 4) is 0 Å². The van der Waals surface area contributed by atoms with E-state index in [-0.39, 0.29) is 31.1 Å². The first-order valence-electron chi connectivity index (χ1n) is 33.7. The molecule has 0 aliphatic heterocycles. The third-order valence-electron chi connectivity index (χ3n) is 14.1. The van der Waals surface area contributed by atoms with Gasteiger partial charge >= 0.3 is 17.9 Å². The van der Waals surface area contributed by atoms with Crippen LogP contribution >= 0.6 is 0 Å². The van der Waals surface area contributed by atoms with E-state index in [9.17, 15) is 14.4 Å². The maximum absolute atomic E-state index is 12.9. The summed E-state index contributed by atoms with van der Waals surface area (Å²) in [6.07, 6.45) is 96.0. The van der Waals surface area contributed by atoms with E-state index in [2.05, 4.69) is 154 Å². The zero-order valence-electron chi connectivity index (χ0n) is 52.8. The summed E-state index contributed by atoms with van der Waals surface area (Å²) in [5.41, 5.74) is 0. The Balaban J connectivity index is 4.35. The summed E-state index contributed by atoms with van der Waals surface area (Å²) >= 11 is 0. The number of allylic oxidation sites excluding steroid dienone is 22. The lowest BCUT2D eigenvalue weighted by atomic mass is 10.0. The first-order valence-corrected chi connectivity index (χ1v) is 33.7. The van der Waals surface area contributed by atoms with Crippen LogP contribution in [0.25, 0.3) is 0 Å². The van der Waals surface area contributed by atoms with E-state index < -0.39 is 6.10 Å². The molecule has 0 aliphatic carbocycles. The summed E-state index contributed by atoms with van der Waals surface area (Å²) in [6.45, 7) is 6.40. The molecule has 0 aromatic carbocycles. The van der Waals surface area contributed by atoms with E-state index in [1.165, 1.54) is 128 Å². The number of rotatable bonds is 60. The molecule has 0 rings (SSSR count). The molecule has 0 saturated heterocycles. The van der Waals surface area contributed by atoms with Crippen molar-refractivity contribution in [1.82, 2.24) is 0 Å². The van der Waals surface area contributed by atoms with Gasteiger partial charge in [-0.05, 0) is 135 Å². The topological polar surface area (TPSA) is 78.9 Å². The fraction of sp³-hybridized carbons (Fsp3) is 0.667. The van der Waals surface area contributed by atoms with Gasteiger partial charge in [0.2, 0.25) is 0 Å². The third-order valence-corrected chi connectivity index (χ3v) is 14.1. The molecule has 0 aromatic heterocycles. The molecule has 0 saturated carbocycles. The molecule has 0 heterocycles. The van der Waals surface area contributed by atoms with Gasteiger partial charge in [-0.2, -0.15) is 0 Å². The van der Waals surface area contributed by atoms with Gasteiger partial charge in [0.1, 0.15) is 13.2 Å². The average molecular weight is 1120 g/mol. The second-order valence-corrected chi connectivity index (χ2v) is 22.0. The average Bonchev–Trinajstić information content (AvgIpc) is 3.46. The van der Waals surface area contributed by atoms with Crippen LogP contribution in [0.15, 0.2) is 134 Å². The predicted octanol–water partition coefficient (Wildman–Crippen LogP) is 23.3. The molecule has 1 atom stereocenters. The summed E-state index contributed by atoms with van der Waals surface area (Å²) < 4.78 is 16.9. The first kappa shape index (κ1) is 76.5. The fourth-order valence-electron chi connectivity index (χ4n) is 9.14. The van der Waals surface area contributed by atoms with Gasteiger partial charge in [-0.15, -0.1) is 0 Å². The largest absolute Gasteiger partial charge is 0.462 e. The predicted molar refractivity (Wildman–Crippen MR) is 353 cm³/mol. The van der Waals surface area contributed by atoms with E-state index in [0.717, 1.165) is 135 Å². The highest BCUT2D eigenvalue weighted by Crippen LogP contribution is 2.16. The van der Waals surface area contributed by atoms with E-state index in [1.54, 1.807) is 0 Å². The zero-order chi connectivity index (χ0) is 58.5. The van der Waals surface area contributed by atoms with Crippen molar-refractivity contribution >= 4 is 17.9 Å². The monoisotopic (exact) mass is 1120 g/mol. The zero-order valence-corrected chi connectivity index (χ0v) is 52.8. The summed E-state index contributed by atoms with van der Waals surface area (Å²) in [6, 6.07) is 0. The van der Waals surface area contributed by atoms with Crippen molar-refractivity contribution in [1.29, 1.82) is 0 Å². The number of carbonyl (C=O) groups is 3. The number of esters is 3. The summed E-state index contributed by atoms with van der Waals surface area (Å²) in [7, 11) is 0. The van der Waals surface area contributed by atoms with E-state index in [1.807, 2.05) is 0 Å². The third kappa shape index (κ3) is 66.2. The Morgan fingerprint density at radius 2 is 0.481 bits per heavy atom. The van der Waals surface area contributed by atoms with E-state index in [0.29, 0.717) is 19.3 Å². The molecule has 460 valence electrons. The molecule has 0 aromatic rings. The molecule has 0 bridgehead atoms. The molecular weight excluding hydrogens is 997 g/mol. The number of hydrogen-bond acceptors (Lipinski definition) is 6. The summed E-state index contributed by atoms with van der Waals surface area (Å²) in [4.78, 5) is 38.4. The molecule has 0 radical (unpaired) electrons. The van der Waals surface area contributed by atoms with Crippen molar-refractivity contribution in [2.45, 2.75) is 309 Å². The van der Waals surface area contributed by atoms with Crippen LogP contribution in [-0.2, 0) is 28.6 Å². The van der Waals surface area contributed by atoms with Crippen LogP contribution in [0, 0.1) is 0 Å². The van der Waals surface area contributed by atoms with Crippen LogP contribution in [0.3, 0.4) is 0 Å². The van der Waals surface area contributed by atoms with Crippen molar-refractivity contribution in [2.75, 3.05) is 13.2 Å². The van der Waals surface area contributed by atoms with Gasteiger partial charge in [0.15, 0.2) is 6.10 Å². The maximum atomic E-state index is 12.9. The number of ether oxygens (including phenoxy) is 3. The number of carbonyl (C=O) groups excluding carboxylic acids is 3. The highest BCUT2D eigenvalue weighted by atomic mass is 16.6.